The molecule has 0 aliphatic heterocycles. The van der Waals surface area contributed by atoms with E-state index in [-0.39, 0.29) is 5.97 Å². The largest absolute Gasteiger partial charge is 0.462 e. The molecule has 7 nitrogen and oxygen atoms in total. The monoisotopic (exact) mass is 351 g/mol. The van der Waals surface area contributed by atoms with E-state index in [0.717, 1.165) is 28.1 Å². The van der Waals surface area contributed by atoms with Crippen LogP contribution in [-0.2, 0) is 18.3 Å². The fraction of sp³-hybridized carbons (Fsp3) is 0.211. The van der Waals surface area contributed by atoms with Gasteiger partial charge in [0, 0.05) is 12.7 Å². The molecule has 0 atom stereocenters. The highest BCUT2D eigenvalue weighted by Gasteiger charge is 2.12. The summed E-state index contributed by atoms with van der Waals surface area (Å²) in [5, 5.41) is 6.84. The van der Waals surface area contributed by atoms with Gasteiger partial charge in [0.2, 0.25) is 0 Å². The molecule has 2 aromatic carbocycles. The molecule has 0 unspecified atom stereocenters. The van der Waals surface area contributed by atoms with Crippen LogP contribution in [0.1, 0.15) is 28.7 Å². The molecule has 0 bridgehead atoms. The smallest absolute Gasteiger partial charge is 0.338 e. The minimum absolute atomic E-state index is 0.333. The van der Waals surface area contributed by atoms with Crippen molar-refractivity contribution in [3.05, 3.63) is 59.4 Å². The molecule has 7 heteroatoms. The molecule has 1 heterocycles. The lowest BCUT2D eigenvalue weighted by atomic mass is 10.2. The third kappa shape index (κ3) is 3.66. The van der Waals surface area contributed by atoms with Gasteiger partial charge in [0.15, 0.2) is 0 Å². The van der Waals surface area contributed by atoms with Crippen LogP contribution in [0.4, 0.5) is 5.69 Å². The number of hydrogen-bond acceptors (Lipinski definition) is 6. The molecular formula is C19H21N5O2. The van der Waals surface area contributed by atoms with E-state index in [1.165, 1.54) is 0 Å². The van der Waals surface area contributed by atoms with Crippen molar-refractivity contribution in [2.75, 3.05) is 11.9 Å². The highest BCUT2D eigenvalue weighted by Crippen LogP contribution is 2.18. The van der Waals surface area contributed by atoms with E-state index >= 15 is 0 Å². The lowest BCUT2D eigenvalue weighted by molar-refractivity contribution is 0.0526. The predicted octanol–water partition coefficient (Wildman–Crippen LogP) is 2.65. The number of rotatable bonds is 6. The number of nitrogens with zero attached hydrogens (tertiary/aromatic N) is 3. The number of aryl methyl sites for hydroxylation is 1. The molecule has 3 N–H and O–H groups in total. The number of aromatic nitrogens is 2. The SMILES string of the molecule is CCOC(=O)c1ccc2c(c1)nc(CNc1ccc(/C=N/N)cc1)n2C. The van der Waals surface area contributed by atoms with E-state index in [2.05, 4.69) is 15.4 Å². The number of carbonyl (C=O) groups is 1. The lowest BCUT2D eigenvalue weighted by Gasteiger charge is -2.07. The molecule has 0 spiro atoms. The van der Waals surface area contributed by atoms with Crippen molar-refractivity contribution in [3.63, 3.8) is 0 Å². The van der Waals surface area contributed by atoms with Gasteiger partial charge in [-0.25, -0.2) is 9.78 Å². The predicted molar refractivity (Wildman–Crippen MR) is 102 cm³/mol. The molecule has 0 amide bonds. The second-order valence-electron chi connectivity index (χ2n) is 5.76. The second-order valence-corrected chi connectivity index (χ2v) is 5.76. The Bertz CT molecular complexity index is 944. The summed E-state index contributed by atoms with van der Waals surface area (Å²) >= 11 is 0. The van der Waals surface area contributed by atoms with Crippen LogP contribution in [0.15, 0.2) is 47.6 Å². The van der Waals surface area contributed by atoms with Gasteiger partial charge in [-0.3, -0.25) is 0 Å². The third-order valence-electron chi connectivity index (χ3n) is 4.07. The van der Waals surface area contributed by atoms with Gasteiger partial charge in [0.05, 0.1) is 36.0 Å². The number of hydrogen-bond donors (Lipinski definition) is 2. The van der Waals surface area contributed by atoms with Crippen LogP contribution < -0.4 is 11.2 Å². The van der Waals surface area contributed by atoms with Crippen molar-refractivity contribution in [1.29, 1.82) is 0 Å². The number of benzene rings is 2. The molecule has 0 saturated heterocycles. The summed E-state index contributed by atoms with van der Waals surface area (Å²) in [7, 11) is 1.96. The first kappa shape index (κ1) is 17.5. The molecule has 1 aromatic heterocycles. The van der Waals surface area contributed by atoms with E-state index in [4.69, 9.17) is 10.6 Å². The summed E-state index contributed by atoms with van der Waals surface area (Å²) in [6.07, 6.45) is 1.59. The zero-order chi connectivity index (χ0) is 18.5. The summed E-state index contributed by atoms with van der Waals surface area (Å²) in [5.41, 5.74) is 4.15. The fourth-order valence-corrected chi connectivity index (χ4v) is 2.70. The first-order valence-corrected chi connectivity index (χ1v) is 8.32. The minimum atomic E-state index is -0.333. The maximum absolute atomic E-state index is 11.9. The first-order valence-electron chi connectivity index (χ1n) is 8.32. The van der Waals surface area contributed by atoms with Gasteiger partial charge >= 0.3 is 5.97 Å². The van der Waals surface area contributed by atoms with Crippen molar-refractivity contribution in [3.8, 4) is 0 Å². The van der Waals surface area contributed by atoms with Crippen molar-refractivity contribution < 1.29 is 9.53 Å². The molecule has 0 fully saturated rings. The summed E-state index contributed by atoms with van der Waals surface area (Å²) in [6.45, 7) is 2.70. The molecule has 26 heavy (non-hydrogen) atoms. The van der Waals surface area contributed by atoms with Gasteiger partial charge in [0.25, 0.3) is 0 Å². The molecule has 0 aliphatic rings. The van der Waals surface area contributed by atoms with Crippen molar-refractivity contribution in [1.82, 2.24) is 9.55 Å². The average Bonchev–Trinajstić information content (AvgIpc) is 2.97. The van der Waals surface area contributed by atoms with Gasteiger partial charge in [0.1, 0.15) is 5.82 Å². The zero-order valence-electron chi connectivity index (χ0n) is 14.8. The van der Waals surface area contributed by atoms with Crippen molar-refractivity contribution in [2.24, 2.45) is 18.0 Å². The number of imidazole rings is 1. The van der Waals surface area contributed by atoms with Crippen LogP contribution in [0.2, 0.25) is 0 Å². The number of nitrogens with one attached hydrogen (secondary N) is 1. The quantitative estimate of drug-likeness (QED) is 0.308. The van der Waals surface area contributed by atoms with E-state index < -0.39 is 0 Å². The minimum Gasteiger partial charge on any atom is -0.462 e. The van der Waals surface area contributed by atoms with E-state index in [1.54, 1.807) is 25.3 Å². The van der Waals surface area contributed by atoms with Crippen molar-refractivity contribution >= 4 is 28.9 Å². The Kier molecular flexibility index (Phi) is 5.17. The molecular weight excluding hydrogens is 330 g/mol. The van der Waals surface area contributed by atoms with E-state index in [9.17, 15) is 4.79 Å². The van der Waals surface area contributed by atoms with Crippen LogP contribution in [-0.4, -0.2) is 28.3 Å². The molecule has 3 rings (SSSR count). The Balaban J connectivity index is 1.77. The van der Waals surface area contributed by atoms with E-state index in [0.29, 0.717) is 18.7 Å². The van der Waals surface area contributed by atoms with Crippen LogP contribution in [0.5, 0.6) is 0 Å². The topological polar surface area (TPSA) is 94.5 Å². The number of nitrogens with two attached hydrogens (primary N) is 1. The molecule has 3 aromatic rings. The number of anilines is 1. The highest BCUT2D eigenvalue weighted by atomic mass is 16.5. The lowest BCUT2D eigenvalue weighted by Crippen LogP contribution is -2.06. The van der Waals surface area contributed by atoms with Crippen LogP contribution >= 0.6 is 0 Å². The average molecular weight is 351 g/mol. The molecule has 0 saturated carbocycles. The second kappa shape index (κ2) is 7.69. The Morgan fingerprint density at radius 1 is 1.31 bits per heavy atom. The van der Waals surface area contributed by atoms with Gasteiger partial charge in [-0.05, 0) is 42.8 Å². The van der Waals surface area contributed by atoms with Gasteiger partial charge in [-0.1, -0.05) is 12.1 Å². The highest BCUT2D eigenvalue weighted by molar-refractivity contribution is 5.93. The Morgan fingerprint density at radius 2 is 2.08 bits per heavy atom. The molecule has 0 aliphatic carbocycles. The van der Waals surface area contributed by atoms with Crippen LogP contribution in [0.25, 0.3) is 11.0 Å². The normalized spacial score (nSPS) is 11.2. The van der Waals surface area contributed by atoms with Crippen LogP contribution in [0.3, 0.4) is 0 Å². The number of carbonyl (C=O) groups excluding carboxylic acids is 1. The Hall–Kier alpha value is -3.35. The number of fused-ring (bicyclic) bond motifs is 1. The molecule has 134 valence electrons. The summed E-state index contributed by atoms with van der Waals surface area (Å²) in [6, 6.07) is 13.2. The van der Waals surface area contributed by atoms with Gasteiger partial charge in [-0.2, -0.15) is 5.10 Å². The Morgan fingerprint density at radius 3 is 2.77 bits per heavy atom. The maximum atomic E-state index is 11.9. The van der Waals surface area contributed by atoms with Crippen molar-refractivity contribution in [2.45, 2.75) is 13.5 Å². The molecule has 0 radical (unpaired) electrons. The fourth-order valence-electron chi connectivity index (χ4n) is 2.70. The number of ether oxygens (including phenoxy) is 1. The summed E-state index contributed by atoms with van der Waals surface area (Å²) < 4.78 is 7.05. The third-order valence-corrected chi connectivity index (χ3v) is 4.07. The Labute approximate surface area is 151 Å². The number of hydrazone groups is 1. The first-order chi connectivity index (χ1) is 12.6. The standard InChI is InChI=1S/C19H21N5O2/c1-3-26-19(25)14-6-9-17-16(10-14)23-18(24(17)2)12-21-15-7-4-13(5-8-15)11-22-20/h4-11,21H,3,12,20H2,1-2H3/b22-11+. The van der Waals surface area contributed by atoms with Gasteiger partial charge < -0.3 is 20.5 Å². The van der Waals surface area contributed by atoms with E-state index in [1.807, 2.05) is 41.9 Å². The maximum Gasteiger partial charge on any atom is 0.338 e. The number of esters is 1. The summed E-state index contributed by atoms with van der Waals surface area (Å²) in [4.78, 5) is 16.5. The van der Waals surface area contributed by atoms with Crippen LogP contribution in [0, 0.1) is 0 Å². The summed E-state index contributed by atoms with van der Waals surface area (Å²) in [5.74, 6) is 5.68. The zero-order valence-corrected chi connectivity index (χ0v) is 14.8. The van der Waals surface area contributed by atoms with Gasteiger partial charge in [-0.15, -0.1) is 0 Å².